The third-order valence-corrected chi connectivity index (χ3v) is 8.01. The van der Waals surface area contributed by atoms with E-state index in [0.29, 0.717) is 22.5 Å². The van der Waals surface area contributed by atoms with Gasteiger partial charge >= 0.3 is 5.97 Å². The summed E-state index contributed by atoms with van der Waals surface area (Å²) in [6.45, 7) is -0.0945. The highest BCUT2D eigenvalue weighted by atomic mass is 16.5. The van der Waals surface area contributed by atoms with Crippen LogP contribution in [0.3, 0.4) is 0 Å². The molecule has 11 heteroatoms. The van der Waals surface area contributed by atoms with Crippen LogP contribution in [0.4, 0.5) is 5.82 Å². The number of rotatable bonds is 10. The molecule has 0 atom stereocenters. The number of primary amides is 1. The third-order valence-electron chi connectivity index (χ3n) is 8.01. The van der Waals surface area contributed by atoms with Crippen LogP contribution in [0.2, 0.25) is 0 Å². The maximum absolute atomic E-state index is 14.2. The molecule has 0 aliphatic heterocycles. The fourth-order valence-corrected chi connectivity index (χ4v) is 5.84. The summed E-state index contributed by atoms with van der Waals surface area (Å²) < 4.78 is 6.67. The van der Waals surface area contributed by atoms with Crippen LogP contribution in [0.25, 0.3) is 22.2 Å². The molecule has 226 valence electrons. The van der Waals surface area contributed by atoms with E-state index in [4.69, 9.17) is 10.5 Å². The third kappa shape index (κ3) is 6.54. The van der Waals surface area contributed by atoms with Gasteiger partial charge in [-0.2, -0.15) is 5.26 Å². The molecule has 0 radical (unpaired) electrons. The number of benzene rings is 2. The number of hydrogen-bond donors (Lipinski definition) is 2. The van der Waals surface area contributed by atoms with Crippen LogP contribution in [0.5, 0.6) is 0 Å². The Morgan fingerprint density at radius 3 is 2.23 bits per heavy atom. The largest absolute Gasteiger partial charge is 0.469 e. The number of nitrogens with one attached hydrogen (secondary N) is 1. The number of nitriles is 1. The molecule has 11 nitrogen and oxygen atoms in total. The quantitative estimate of drug-likeness (QED) is 0.257. The summed E-state index contributed by atoms with van der Waals surface area (Å²) in [5.41, 5.74) is 10.2. The normalized spacial score (nSPS) is 13.3. The summed E-state index contributed by atoms with van der Waals surface area (Å²) in [6, 6.07) is 19.2. The molecule has 5 rings (SSSR count). The number of fused-ring (bicyclic) bond motifs is 1. The number of aromatic nitrogens is 3. The van der Waals surface area contributed by atoms with Crippen LogP contribution in [-0.2, 0) is 27.3 Å². The molecule has 0 spiro atoms. The molecule has 0 saturated heterocycles. The molecular weight excluding hydrogens is 558 g/mol. The van der Waals surface area contributed by atoms with Crippen molar-refractivity contribution in [1.82, 2.24) is 19.4 Å². The van der Waals surface area contributed by atoms with Crippen molar-refractivity contribution in [2.75, 3.05) is 26.0 Å². The highest BCUT2D eigenvalue weighted by Crippen LogP contribution is 2.35. The molecule has 1 aliphatic carbocycles. The number of esters is 1. The first-order valence-corrected chi connectivity index (χ1v) is 14.6. The maximum Gasteiger partial charge on any atom is 0.309 e. The molecule has 0 unspecified atom stereocenters. The first-order chi connectivity index (χ1) is 21.3. The SMILES string of the molecule is CNc1nc(C#N)nc2c1cc(C(=O)N(CC(N)=O)Cc1ccc(-c3ccc(CC(=O)OC)cc3)cc1)n2C1CCCCC1. The van der Waals surface area contributed by atoms with Crippen molar-refractivity contribution >= 4 is 34.6 Å². The molecule has 3 N–H and O–H groups in total. The van der Waals surface area contributed by atoms with Crippen molar-refractivity contribution in [2.24, 2.45) is 5.73 Å². The Labute approximate surface area is 255 Å². The van der Waals surface area contributed by atoms with Gasteiger partial charge in [-0.3, -0.25) is 14.4 Å². The molecule has 2 aromatic heterocycles. The summed E-state index contributed by atoms with van der Waals surface area (Å²) in [5, 5.41) is 13.2. The second kappa shape index (κ2) is 13.4. The molecule has 0 bridgehead atoms. The Morgan fingerprint density at radius 1 is 1.02 bits per heavy atom. The average molecular weight is 594 g/mol. The molecular formula is C33H35N7O4. The van der Waals surface area contributed by atoms with Gasteiger partial charge in [0.05, 0.1) is 18.9 Å². The van der Waals surface area contributed by atoms with Crippen LogP contribution in [-0.4, -0.2) is 57.9 Å². The van der Waals surface area contributed by atoms with Crippen molar-refractivity contribution in [2.45, 2.75) is 51.1 Å². The number of nitrogens with zero attached hydrogens (tertiary/aromatic N) is 5. The summed E-state index contributed by atoms with van der Waals surface area (Å²) in [6.07, 6.45) is 5.15. The van der Waals surface area contributed by atoms with Crippen molar-refractivity contribution in [3.8, 4) is 17.2 Å². The number of methoxy groups -OCH3 is 1. The molecule has 44 heavy (non-hydrogen) atoms. The van der Waals surface area contributed by atoms with E-state index in [2.05, 4.69) is 15.3 Å². The van der Waals surface area contributed by atoms with Gasteiger partial charge in [0.15, 0.2) is 0 Å². The van der Waals surface area contributed by atoms with E-state index in [1.807, 2.05) is 59.2 Å². The van der Waals surface area contributed by atoms with Gasteiger partial charge in [0, 0.05) is 19.6 Å². The van der Waals surface area contributed by atoms with E-state index in [-0.39, 0.29) is 43.3 Å². The zero-order chi connectivity index (χ0) is 31.2. The second-order valence-corrected chi connectivity index (χ2v) is 11.0. The van der Waals surface area contributed by atoms with E-state index in [1.165, 1.54) is 12.0 Å². The van der Waals surface area contributed by atoms with E-state index in [0.717, 1.165) is 54.4 Å². The lowest BCUT2D eigenvalue weighted by Crippen LogP contribution is -2.39. The predicted octanol–water partition coefficient (Wildman–Crippen LogP) is 4.36. The Balaban J connectivity index is 1.45. The Bertz CT molecular complexity index is 1720. The highest BCUT2D eigenvalue weighted by Gasteiger charge is 2.29. The van der Waals surface area contributed by atoms with Gasteiger partial charge in [0.25, 0.3) is 5.91 Å². The minimum absolute atomic E-state index is 0.0168. The van der Waals surface area contributed by atoms with Crippen LogP contribution >= 0.6 is 0 Å². The van der Waals surface area contributed by atoms with Crippen LogP contribution in [0.1, 0.15) is 65.6 Å². The van der Waals surface area contributed by atoms with Gasteiger partial charge in [0.1, 0.15) is 29.8 Å². The number of nitrogens with two attached hydrogens (primary N) is 1. The Morgan fingerprint density at radius 2 is 1.66 bits per heavy atom. The number of carbonyl (C=O) groups is 3. The van der Waals surface area contributed by atoms with Crippen molar-refractivity contribution in [1.29, 1.82) is 5.26 Å². The fourth-order valence-electron chi connectivity index (χ4n) is 5.84. The van der Waals surface area contributed by atoms with Crippen LogP contribution in [0, 0.1) is 11.3 Å². The Hall–Kier alpha value is -5.24. The number of anilines is 1. The van der Waals surface area contributed by atoms with Crippen LogP contribution < -0.4 is 11.1 Å². The number of hydrogen-bond acceptors (Lipinski definition) is 8. The second-order valence-electron chi connectivity index (χ2n) is 11.0. The zero-order valence-corrected chi connectivity index (χ0v) is 24.9. The highest BCUT2D eigenvalue weighted by molar-refractivity contribution is 6.02. The lowest BCUT2D eigenvalue weighted by molar-refractivity contribution is -0.139. The summed E-state index contributed by atoms with van der Waals surface area (Å²) in [4.78, 5) is 48.2. The first kappa shape index (κ1) is 30.2. The zero-order valence-electron chi connectivity index (χ0n) is 24.9. The lowest BCUT2D eigenvalue weighted by atomic mass is 9.95. The first-order valence-electron chi connectivity index (χ1n) is 14.6. The van der Waals surface area contributed by atoms with E-state index in [9.17, 15) is 19.6 Å². The molecule has 4 aromatic rings. The van der Waals surface area contributed by atoms with E-state index >= 15 is 0 Å². The van der Waals surface area contributed by atoms with Crippen molar-refractivity contribution in [3.05, 3.63) is 77.2 Å². The monoisotopic (exact) mass is 593 g/mol. The molecule has 1 saturated carbocycles. The number of ether oxygens (including phenoxy) is 1. The summed E-state index contributed by atoms with van der Waals surface area (Å²) in [7, 11) is 3.08. The molecule has 2 aromatic carbocycles. The Kier molecular flexibility index (Phi) is 9.19. The van der Waals surface area contributed by atoms with Gasteiger partial charge < -0.3 is 25.3 Å². The number of amides is 2. The van der Waals surface area contributed by atoms with Gasteiger partial charge in [-0.25, -0.2) is 9.97 Å². The standard InChI is InChI=1S/C33H35N7O4/c1-36-31-26-17-27(40(25-6-4-3-5-7-25)32(26)38-29(18-34)37-31)33(43)39(20-28(35)41)19-22-10-14-24(15-11-22)23-12-8-21(9-13-23)16-30(42)44-2/h8-15,17,25H,3-7,16,19-20H2,1-2H3,(H2,35,41)(H,36,37,38). The van der Waals surface area contributed by atoms with Crippen LogP contribution in [0.15, 0.2) is 54.6 Å². The van der Waals surface area contributed by atoms with E-state index < -0.39 is 5.91 Å². The summed E-state index contributed by atoms with van der Waals surface area (Å²) >= 11 is 0. The fraction of sp³-hybridized carbons (Fsp3) is 0.333. The lowest BCUT2D eigenvalue weighted by Gasteiger charge is -2.28. The molecule has 2 heterocycles. The van der Waals surface area contributed by atoms with E-state index in [1.54, 1.807) is 13.1 Å². The predicted molar refractivity (Wildman–Crippen MR) is 165 cm³/mol. The van der Waals surface area contributed by atoms with Gasteiger partial charge in [0.2, 0.25) is 11.7 Å². The average Bonchev–Trinajstić information content (AvgIpc) is 3.44. The minimum Gasteiger partial charge on any atom is -0.469 e. The molecule has 1 aliphatic rings. The summed E-state index contributed by atoms with van der Waals surface area (Å²) in [5.74, 6) is -0.782. The molecule has 1 fully saturated rings. The van der Waals surface area contributed by atoms with Crippen molar-refractivity contribution < 1.29 is 19.1 Å². The smallest absolute Gasteiger partial charge is 0.309 e. The topological polar surface area (TPSA) is 156 Å². The van der Waals surface area contributed by atoms with Gasteiger partial charge in [-0.1, -0.05) is 67.8 Å². The maximum atomic E-state index is 14.2. The molecule has 2 amide bonds. The van der Waals surface area contributed by atoms with Crippen molar-refractivity contribution in [3.63, 3.8) is 0 Å². The minimum atomic E-state index is -0.621. The van der Waals surface area contributed by atoms with Gasteiger partial charge in [-0.05, 0) is 41.2 Å². The number of carbonyl (C=O) groups excluding carboxylic acids is 3. The van der Waals surface area contributed by atoms with Gasteiger partial charge in [-0.15, -0.1) is 0 Å².